The van der Waals surface area contributed by atoms with Gasteiger partial charge in [0.2, 0.25) is 0 Å². The molecule has 1 aromatic rings. The van der Waals surface area contributed by atoms with Crippen molar-refractivity contribution in [2.24, 2.45) is 5.92 Å². The van der Waals surface area contributed by atoms with Crippen LogP contribution >= 0.6 is 0 Å². The summed E-state index contributed by atoms with van der Waals surface area (Å²) in [6.45, 7) is 0. The summed E-state index contributed by atoms with van der Waals surface area (Å²) in [5.74, 6) is -1.04. The van der Waals surface area contributed by atoms with E-state index in [1.807, 2.05) is 0 Å². The van der Waals surface area contributed by atoms with Crippen LogP contribution < -0.4 is 5.32 Å². The van der Waals surface area contributed by atoms with Crippen LogP contribution in [0.15, 0.2) is 18.2 Å². The number of hydrogen-bond donors (Lipinski definition) is 1. The molecule has 20 heavy (non-hydrogen) atoms. The highest BCUT2D eigenvalue weighted by Crippen LogP contribution is 2.24. The fraction of sp³-hybridized carbons (Fsp3) is 0.571. The maximum absolute atomic E-state index is 13.2. The van der Waals surface area contributed by atoms with Gasteiger partial charge in [0.15, 0.2) is 21.5 Å². The third-order valence-corrected chi connectivity index (χ3v) is 5.66. The fourth-order valence-corrected chi connectivity index (χ4v) is 4.59. The van der Waals surface area contributed by atoms with Crippen molar-refractivity contribution in [3.05, 3.63) is 35.4 Å². The van der Waals surface area contributed by atoms with Crippen molar-refractivity contribution >= 4 is 9.84 Å². The summed E-state index contributed by atoms with van der Waals surface area (Å²) in [4.78, 5) is 0. The van der Waals surface area contributed by atoms with Crippen molar-refractivity contribution < 1.29 is 17.2 Å². The molecule has 1 fully saturated rings. The van der Waals surface area contributed by atoms with Crippen LogP contribution in [0, 0.1) is 17.6 Å². The predicted molar refractivity (Wildman–Crippen MR) is 74.3 cm³/mol. The molecule has 2 unspecified atom stereocenters. The molecule has 1 aliphatic rings. The summed E-state index contributed by atoms with van der Waals surface area (Å²) in [6.07, 6.45) is 1.98. The molecular formula is C14H19F2NO2S. The lowest BCUT2D eigenvalue weighted by Crippen LogP contribution is -2.30. The molecule has 112 valence electrons. The Labute approximate surface area is 118 Å². The molecule has 0 aliphatic carbocycles. The number of hydrogen-bond acceptors (Lipinski definition) is 3. The van der Waals surface area contributed by atoms with Gasteiger partial charge >= 0.3 is 0 Å². The third kappa shape index (κ3) is 3.99. The zero-order valence-corrected chi connectivity index (χ0v) is 12.2. The molecule has 0 bridgehead atoms. The minimum atomic E-state index is -2.87. The Hall–Kier alpha value is -1.01. The Kier molecular flexibility index (Phi) is 4.75. The summed E-state index contributed by atoms with van der Waals surface area (Å²) < 4.78 is 48.9. The lowest BCUT2D eigenvalue weighted by atomic mass is 9.94. The number of rotatable bonds is 5. The van der Waals surface area contributed by atoms with Crippen LogP contribution in [0.25, 0.3) is 0 Å². The predicted octanol–water partition coefficient (Wildman–Crippen LogP) is 1.92. The number of halogens is 2. The molecule has 6 heteroatoms. The van der Waals surface area contributed by atoms with Gasteiger partial charge in [-0.15, -0.1) is 0 Å². The van der Waals surface area contributed by atoms with E-state index >= 15 is 0 Å². The molecular weight excluding hydrogens is 284 g/mol. The first kappa shape index (κ1) is 15.4. The van der Waals surface area contributed by atoms with Gasteiger partial charge in [-0.05, 0) is 49.9 Å². The van der Waals surface area contributed by atoms with E-state index in [4.69, 9.17) is 0 Å². The maximum atomic E-state index is 13.2. The van der Waals surface area contributed by atoms with Crippen molar-refractivity contribution in [3.8, 4) is 0 Å². The van der Waals surface area contributed by atoms with E-state index < -0.39 is 21.5 Å². The normalized spacial score (nSPS) is 22.9. The van der Waals surface area contributed by atoms with Crippen LogP contribution in [0.2, 0.25) is 0 Å². The molecule has 1 N–H and O–H groups in total. The molecule has 1 heterocycles. The third-order valence-electron chi connectivity index (χ3n) is 3.82. The molecule has 1 saturated heterocycles. The summed E-state index contributed by atoms with van der Waals surface area (Å²) in [6, 6.07) is 3.95. The van der Waals surface area contributed by atoms with E-state index in [1.165, 1.54) is 6.07 Å². The first-order chi connectivity index (χ1) is 9.39. The number of sulfone groups is 1. The molecule has 0 amide bonds. The van der Waals surface area contributed by atoms with Gasteiger partial charge in [0, 0.05) is 6.04 Å². The van der Waals surface area contributed by atoms with E-state index in [1.54, 1.807) is 13.1 Å². The minimum absolute atomic E-state index is 0.0677. The van der Waals surface area contributed by atoms with Crippen molar-refractivity contribution in [2.45, 2.75) is 25.3 Å². The molecule has 2 atom stereocenters. The van der Waals surface area contributed by atoms with Crippen molar-refractivity contribution in [1.82, 2.24) is 5.32 Å². The molecule has 0 spiro atoms. The van der Waals surface area contributed by atoms with Crippen molar-refractivity contribution in [1.29, 1.82) is 0 Å². The molecule has 2 rings (SSSR count). The average Bonchev–Trinajstić information content (AvgIpc) is 2.72. The standard InChI is InChI=1S/C14H19F2NO2S/c1-17-12(7-11-4-5-20(18,19)9-11)6-10-2-3-13(15)14(16)8-10/h2-3,8,11-12,17H,4-7,9H2,1H3. The highest BCUT2D eigenvalue weighted by Gasteiger charge is 2.29. The smallest absolute Gasteiger partial charge is 0.159 e. The van der Waals surface area contributed by atoms with E-state index in [9.17, 15) is 17.2 Å². The second-order valence-electron chi connectivity index (χ2n) is 5.44. The lowest BCUT2D eigenvalue weighted by Gasteiger charge is -2.19. The molecule has 1 aliphatic heterocycles. The van der Waals surface area contributed by atoms with Gasteiger partial charge in [0.25, 0.3) is 0 Å². The Morgan fingerprint density at radius 3 is 2.65 bits per heavy atom. The van der Waals surface area contributed by atoms with Gasteiger partial charge < -0.3 is 5.32 Å². The summed E-state index contributed by atoms with van der Waals surface area (Å²) in [5.41, 5.74) is 0.712. The minimum Gasteiger partial charge on any atom is -0.317 e. The first-order valence-electron chi connectivity index (χ1n) is 6.71. The van der Waals surface area contributed by atoms with Gasteiger partial charge in [-0.1, -0.05) is 6.07 Å². The van der Waals surface area contributed by atoms with Crippen LogP contribution in [0.5, 0.6) is 0 Å². The van der Waals surface area contributed by atoms with E-state index in [0.29, 0.717) is 18.4 Å². The van der Waals surface area contributed by atoms with Crippen LogP contribution in [-0.4, -0.2) is 33.0 Å². The monoisotopic (exact) mass is 303 g/mol. The van der Waals surface area contributed by atoms with Gasteiger partial charge in [0.05, 0.1) is 11.5 Å². The van der Waals surface area contributed by atoms with E-state index in [2.05, 4.69) is 5.32 Å². The maximum Gasteiger partial charge on any atom is 0.159 e. The van der Waals surface area contributed by atoms with Gasteiger partial charge in [-0.3, -0.25) is 0 Å². The molecule has 0 aromatic heterocycles. The topological polar surface area (TPSA) is 46.2 Å². The van der Waals surface area contributed by atoms with Crippen LogP contribution in [0.1, 0.15) is 18.4 Å². The zero-order chi connectivity index (χ0) is 14.8. The molecule has 1 aromatic carbocycles. The average molecular weight is 303 g/mol. The number of benzene rings is 1. The molecule has 3 nitrogen and oxygen atoms in total. The molecule has 0 saturated carbocycles. The van der Waals surface area contributed by atoms with Gasteiger partial charge in [-0.2, -0.15) is 0 Å². The van der Waals surface area contributed by atoms with Crippen molar-refractivity contribution in [3.63, 3.8) is 0 Å². The molecule has 0 radical (unpaired) electrons. The van der Waals surface area contributed by atoms with Crippen LogP contribution in [0.3, 0.4) is 0 Å². The van der Waals surface area contributed by atoms with Crippen LogP contribution in [-0.2, 0) is 16.3 Å². The second-order valence-corrected chi connectivity index (χ2v) is 7.67. The fourth-order valence-electron chi connectivity index (χ4n) is 2.71. The van der Waals surface area contributed by atoms with E-state index in [-0.39, 0.29) is 23.5 Å². The highest BCUT2D eigenvalue weighted by molar-refractivity contribution is 7.91. The van der Waals surface area contributed by atoms with E-state index in [0.717, 1.165) is 12.5 Å². The summed E-state index contributed by atoms with van der Waals surface area (Å²) >= 11 is 0. The SMILES string of the molecule is CNC(Cc1ccc(F)c(F)c1)CC1CCS(=O)(=O)C1. The quantitative estimate of drug-likeness (QED) is 0.904. The van der Waals surface area contributed by atoms with Gasteiger partial charge in [0.1, 0.15) is 0 Å². The van der Waals surface area contributed by atoms with Crippen LogP contribution in [0.4, 0.5) is 8.78 Å². The Balaban J connectivity index is 1.97. The number of nitrogens with one attached hydrogen (secondary N) is 1. The lowest BCUT2D eigenvalue weighted by molar-refractivity contribution is 0.422. The number of likely N-dealkylation sites (N-methyl/N-ethyl adjacent to an activating group) is 1. The Bertz CT molecular complexity index is 575. The summed E-state index contributed by atoms with van der Waals surface area (Å²) in [7, 11) is -1.07. The van der Waals surface area contributed by atoms with Gasteiger partial charge in [-0.25, -0.2) is 17.2 Å². The highest BCUT2D eigenvalue weighted by atomic mass is 32.2. The first-order valence-corrected chi connectivity index (χ1v) is 8.53. The second kappa shape index (κ2) is 6.18. The van der Waals surface area contributed by atoms with Crippen molar-refractivity contribution in [2.75, 3.05) is 18.6 Å². The Morgan fingerprint density at radius 1 is 1.35 bits per heavy atom. The zero-order valence-electron chi connectivity index (χ0n) is 11.4. The summed E-state index contributed by atoms with van der Waals surface area (Å²) in [5, 5.41) is 3.13. The largest absolute Gasteiger partial charge is 0.317 e. The Morgan fingerprint density at radius 2 is 2.10 bits per heavy atom.